The Morgan fingerprint density at radius 1 is 1.10 bits per heavy atom. The van der Waals surface area contributed by atoms with Crippen LogP contribution < -0.4 is 5.32 Å². The molecule has 106 valence electrons. The molecular weight excluding hydrogens is 263 g/mol. The first-order valence-corrected chi connectivity index (χ1v) is 7.02. The molecule has 2 nitrogen and oxygen atoms in total. The summed E-state index contributed by atoms with van der Waals surface area (Å²) in [6.45, 7) is 0. The van der Waals surface area contributed by atoms with Gasteiger partial charge in [0.25, 0.3) is 0 Å². The van der Waals surface area contributed by atoms with Gasteiger partial charge in [-0.25, -0.2) is 4.39 Å². The number of hydrogen-bond donors (Lipinski definition) is 1. The SMILES string of the molecule is CNC(Cc1cccc(F)c1)c1cncc2ccccc12. The third-order valence-corrected chi connectivity index (χ3v) is 3.75. The van der Waals surface area contributed by atoms with E-state index in [-0.39, 0.29) is 11.9 Å². The highest BCUT2D eigenvalue weighted by Crippen LogP contribution is 2.25. The summed E-state index contributed by atoms with van der Waals surface area (Å²) in [7, 11) is 1.92. The van der Waals surface area contributed by atoms with E-state index in [0.29, 0.717) is 0 Å². The van der Waals surface area contributed by atoms with E-state index < -0.39 is 0 Å². The molecule has 0 aliphatic heterocycles. The summed E-state index contributed by atoms with van der Waals surface area (Å²) in [5, 5.41) is 5.62. The molecule has 3 aromatic rings. The Kier molecular flexibility index (Phi) is 3.93. The maximum atomic E-state index is 13.3. The molecule has 0 spiro atoms. The topological polar surface area (TPSA) is 24.9 Å². The van der Waals surface area contributed by atoms with Crippen molar-refractivity contribution in [2.45, 2.75) is 12.5 Å². The average Bonchev–Trinajstić information content (AvgIpc) is 2.52. The van der Waals surface area contributed by atoms with E-state index in [2.05, 4.69) is 22.4 Å². The maximum Gasteiger partial charge on any atom is 0.123 e. The molecule has 0 aliphatic carbocycles. The molecule has 1 aromatic heterocycles. The molecule has 0 bridgehead atoms. The van der Waals surface area contributed by atoms with Gasteiger partial charge in [-0.05, 0) is 42.1 Å². The number of fused-ring (bicyclic) bond motifs is 1. The summed E-state index contributed by atoms with van der Waals surface area (Å²) >= 11 is 0. The largest absolute Gasteiger partial charge is 0.313 e. The van der Waals surface area contributed by atoms with E-state index in [0.717, 1.165) is 22.9 Å². The Bertz CT molecular complexity index is 750. The number of hydrogen-bond acceptors (Lipinski definition) is 2. The number of halogens is 1. The van der Waals surface area contributed by atoms with Crippen molar-refractivity contribution >= 4 is 10.8 Å². The molecule has 0 aliphatic rings. The lowest BCUT2D eigenvalue weighted by Crippen LogP contribution is -2.19. The van der Waals surface area contributed by atoms with Crippen molar-refractivity contribution in [2.24, 2.45) is 0 Å². The van der Waals surface area contributed by atoms with E-state index in [1.807, 2.05) is 37.6 Å². The van der Waals surface area contributed by atoms with E-state index in [4.69, 9.17) is 0 Å². The van der Waals surface area contributed by atoms with Gasteiger partial charge in [0.05, 0.1) is 0 Å². The minimum atomic E-state index is -0.196. The van der Waals surface area contributed by atoms with Gasteiger partial charge in [0.2, 0.25) is 0 Å². The van der Waals surface area contributed by atoms with Crippen LogP contribution in [0.15, 0.2) is 60.9 Å². The third kappa shape index (κ3) is 2.93. The van der Waals surface area contributed by atoms with Crippen LogP contribution in [0.4, 0.5) is 4.39 Å². The summed E-state index contributed by atoms with van der Waals surface area (Å²) < 4.78 is 13.3. The Hall–Kier alpha value is -2.26. The third-order valence-electron chi connectivity index (χ3n) is 3.75. The van der Waals surface area contributed by atoms with Gasteiger partial charge in [-0.15, -0.1) is 0 Å². The Morgan fingerprint density at radius 2 is 1.95 bits per heavy atom. The van der Waals surface area contributed by atoms with Crippen molar-refractivity contribution < 1.29 is 4.39 Å². The Balaban J connectivity index is 1.98. The minimum Gasteiger partial charge on any atom is -0.313 e. The van der Waals surface area contributed by atoms with Crippen LogP contribution in [0.25, 0.3) is 10.8 Å². The smallest absolute Gasteiger partial charge is 0.123 e. The molecule has 3 rings (SSSR count). The second-order valence-electron chi connectivity index (χ2n) is 5.13. The quantitative estimate of drug-likeness (QED) is 0.784. The molecule has 1 unspecified atom stereocenters. The molecule has 1 heterocycles. The zero-order valence-corrected chi connectivity index (χ0v) is 11.9. The first-order chi connectivity index (χ1) is 10.3. The lowest BCUT2D eigenvalue weighted by Gasteiger charge is -2.18. The summed E-state index contributed by atoms with van der Waals surface area (Å²) in [5.74, 6) is -0.196. The second-order valence-corrected chi connectivity index (χ2v) is 5.13. The first-order valence-electron chi connectivity index (χ1n) is 7.02. The van der Waals surface area contributed by atoms with Crippen LogP contribution in [0.3, 0.4) is 0 Å². The fourth-order valence-corrected chi connectivity index (χ4v) is 2.68. The van der Waals surface area contributed by atoms with Crippen LogP contribution in [-0.4, -0.2) is 12.0 Å². The molecular formula is C18H17FN2. The maximum absolute atomic E-state index is 13.3. The van der Waals surface area contributed by atoms with Crippen LogP contribution >= 0.6 is 0 Å². The molecule has 0 radical (unpaired) electrons. The summed E-state index contributed by atoms with van der Waals surface area (Å²) in [4.78, 5) is 4.33. The summed E-state index contributed by atoms with van der Waals surface area (Å²) in [6, 6.07) is 15.1. The molecule has 21 heavy (non-hydrogen) atoms. The predicted molar refractivity (Wildman–Crippen MR) is 83.6 cm³/mol. The van der Waals surface area contributed by atoms with Crippen LogP contribution in [0.5, 0.6) is 0 Å². The Labute approximate surface area is 123 Å². The van der Waals surface area contributed by atoms with Crippen LogP contribution in [0.1, 0.15) is 17.2 Å². The summed E-state index contributed by atoms with van der Waals surface area (Å²) in [5.41, 5.74) is 2.11. The molecule has 0 saturated carbocycles. The molecule has 1 atom stereocenters. The van der Waals surface area contributed by atoms with E-state index in [9.17, 15) is 4.39 Å². The van der Waals surface area contributed by atoms with Gasteiger partial charge in [0, 0.05) is 23.8 Å². The van der Waals surface area contributed by atoms with Gasteiger partial charge in [0.15, 0.2) is 0 Å². The minimum absolute atomic E-state index is 0.102. The molecule has 0 amide bonds. The molecule has 3 heteroatoms. The van der Waals surface area contributed by atoms with Crippen molar-refractivity contribution in [1.82, 2.24) is 10.3 Å². The highest BCUT2D eigenvalue weighted by atomic mass is 19.1. The molecule has 0 saturated heterocycles. The number of rotatable bonds is 4. The van der Waals surface area contributed by atoms with Gasteiger partial charge in [-0.1, -0.05) is 36.4 Å². The normalized spacial score (nSPS) is 12.5. The zero-order valence-electron chi connectivity index (χ0n) is 11.9. The fraction of sp³-hybridized carbons (Fsp3) is 0.167. The van der Waals surface area contributed by atoms with Gasteiger partial charge < -0.3 is 5.32 Å². The molecule has 2 aromatic carbocycles. The van der Waals surface area contributed by atoms with Crippen LogP contribution in [-0.2, 0) is 6.42 Å². The number of likely N-dealkylation sites (N-methyl/N-ethyl adjacent to an activating group) is 1. The Morgan fingerprint density at radius 3 is 2.76 bits per heavy atom. The molecule has 0 fully saturated rings. The average molecular weight is 280 g/mol. The predicted octanol–water partition coefficient (Wildman–Crippen LogP) is 3.88. The van der Waals surface area contributed by atoms with Crippen LogP contribution in [0, 0.1) is 5.82 Å². The van der Waals surface area contributed by atoms with Gasteiger partial charge >= 0.3 is 0 Å². The van der Waals surface area contributed by atoms with E-state index in [1.54, 1.807) is 12.1 Å². The molecule has 1 N–H and O–H groups in total. The van der Waals surface area contributed by atoms with Gasteiger partial charge in [0.1, 0.15) is 5.82 Å². The van der Waals surface area contributed by atoms with Gasteiger partial charge in [-0.3, -0.25) is 4.98 Å². The number of pyridine rings is 1. The van der Waals surface area contributed by atoms with E-state index >= 15 is 0 Å². The number of aromatic nitrogens is 1. The first kappa shape index (κ1) is 13.7. The number of nitrogens with zero attached hydrogens (tertiary/aromatic N) is 1. The number of benzene rings is 2. The standard InChI is InChI=1S/C18H17FN2/c1-20-18(10-13-5-4-7-15(19)9-13)17-12-21-11-14-6-2-3-8-16(14)17/h2-9,11-12,18,20H,10H2,1H3. The van der Waals surface area contributed by atoms with Crippen molar-refractivity contribution in [3.63, 3.8) is 0 Å². The summed E-state index contributed by atoms with van der Waals surface area (Å²) in [6.07, 6.45) is 4.49. The second kappa shape index (κ2) is 6.02. The fourth-order valence-electron chi connectivity index (χ4n) is 2.68. The van der Waals surface area contributed by atoms with Crippen LogP contribution in [0.2, 0.25) is 0 Å². The van der Waals surface area contributed by atoms with E-state index in [1.165, 1.54) is 11.5 Å². The lowest BCUT2D eigenvalue weighted by atomic mass is 9.96. The highest BCUT2D eigenvalue weighted by Gasteiger charge is 2.14. The zero-order chi connectivity index (χ0) is 14.7. The monoisotopic (exact) mass is 280 g/mol. The number of nitrogens with one attached hydrogen (secondary N) is 1. The van der Waals surface area contributed by atoms with Crippen molar-refractivity contribution in [3.8, 4) is 0 Å². The highest BCUT2D eigenvalue weighted by molar-refractivity contribution is 5.85. The van der Waals surface area contributed by atoms with Crippen molar-refractivity contribution in [1.29, 1.82) is 0 Å². The lowest BCUT2D eigenvalue weighted by molar-refractivity contribution is 0.586. The van der Waals surface area contributed by atoms with Crippen molar-refractivity contribution in [3.05, 3.63) is 77.9 Å². The van der Waals surface area contributed by atoms with Crippen molar-refractivity contribution in [2.75, 3.05) is 7.05 Å². The van der Waals surface area contributed by atoms with Gasteiger partial charge in [-0.2, -0.15) is 0 Å².